The molecule has 7 nitrogen and oxygen atoms in total. The lowest BCUT2D eigenvalue weighted by Gasteiger charge is -2.27. The van der Waals surface area contributed by atoms with Crippen molar-refractivity contribution in [3.05, 3.63) is 70.5 Å². The second-order valence-corrected chi connectivity index (χ2v) is 7.51. The van der Waals surface area contributed by atoms with E-state index in [9.17, 15) is 14.7 Å². The number of carboxylic acid groups (broad SMARTS) is 1. The first-order valence-corrected chi connectivity index (χ1v) is 10.1. The van der Waals surface area contributed by atoms with Gasteiger partial charge in [0.25, 0.3) is 0 Å². The molecule has 30 heavy (non-hydrogen) atoms. The van der Waals surface area contributed by atoms with Crippen molar-refractivity contribution in [2.45, 2.75) is 24.9 Å². The van der Waals surface area contributed by atoms with Crippen molar-refractivity contribution >= 4 is 35.2 Å². The fourth-order valence-corrected chi connectivity index (χ4v) is 3.91. The van der Waals surface area contributed by atoms with Gasteiger partial charge in [-0.2, -0.15) is 0 Å². The molecule has 2 heterocycles. The summed E-state index contributed by atoms with van der Waals surface area (Å²) in [6.07, 6.45) is 4.73. The van der Waals surface area contributed by atoms with E-state index in [2.05, 4.69) is 16.9 Å². The SMILES string of the molecule is C=CCOc1ccc(Cl)c(Cl)c1C(NC(=O)[C@@H]1CCCN1C(=O)O)c1ccncc1. The van der Waals surface area contributed by atoms with Gasteiger partial charge in [-0.25, -0.2) is 4.79 Å². The van der Waals surface area contributed by atoms with E-state index < -0.39 is 24.1 Å². The number of pyridine rings is 1. The Morgan fingerprint density at radius 1 is 1.33 bits per heavy atom. The molecule has 2 aromatic rings. The zero-order chi connectivity index (χ0) is 21.7. The minimum absolute atomic E-state index is 0.234. The fourth-order valence-electron chi connectivity index (χ4n) is 3.48. The van der Waals surface area contributed by atoms with Gasteiger partial charge in [-0.3, -0.25) is 14.7 Å². The number of rotatable bonds is 7. The third-order valence-electron chi connectivity index (χ3n) is 4.87. The summed E-state index contributed by atoms with van der Waals surface area (Å²) in [5.41, 5.74) is 1.18. The van der Waals surface area contributed by atoms with Crippen LogP contribution in [0.4, 0.5) is 4.79 Å². The predicted molar refractivity (Wildman–Crippen MR) is 114 cm³/mol. The number of halogens is 2. The van der Waals surface area contributed by atoms with Crippen molar-refractivity contribution in [3.8, 4) is 5.75 Å². The molecule has 0 aliphatic carbocycles. The number of benzene rings is 1. The maximum atomic E-state index is 13.1. The van der Waals surface area contributed by atoms with Gasteiger partial charge in [-0.1, -0.05) is 35.9 Å². The van der Waals surface area contributed by atoms with Gasteiger partial charge in [-0.15, -0.1) is 0 Å². The summed E-state index contributed by atoms with van der Waals surface area (Å²) in [7, 11) is 0. The summed E-state index contributed by atoms with van der Waals surface area (Å²) in [5, 5.41) is 12.9. The molecule has 0 spiro atoms. The first kappa shape index (κ1) is 21.9. The van der Waals surface area contributed by atoms with Crippen LogP contribution >= 0.6 is 23.2 Å². The molecular formula is C21H21Cl2N3O4. The Hall–Kier alpha value is -2.77. The molecular weight excluding hydrogens is 429 g/mol. The van der Waals surface area contributed by atoms with Crippen LogP contribution in [0.25, 0.3) is 0 Å². The molecule has 2 atom stereocenters. The summed E-state index contributed by atoms with van der Waals surface area (Å²) in [5.74, 6) is 0.0235. The Kier molecular flexibility index (Phi) is 7.18. The highest BCUT2D eigenvalue weighted by atomic mass is 35.5. The maximum Gasteiger partial charge on any atom is 0.407 e. The van der Waals surface area contributed by atoms with Crippen molar-refractivity contribution in [3.63, 3.8) is 0 Å². The Balaban J connectivity index is 2.03. The molecule has 0 bridgehead atoms. The zero-order valence-corrected chi connectivity index (χ0v) is 17.6. The predicted octanol–water partition coefficient (Wildman–Crippen LogP) is 4.30. The van der Waals surface area contributed by atoms with E-state index in [4.69, 9.17) is 27.9 Å². The lowest BCUT2D eigenvalue weighted by Crippen LogP contribution is -2.46. The highest BCUT2D eigenvalue weighted by Gasteiger charge is 2.36. The van der Waals surface area contributed by atoms with Crippen molar-refractivity contribution < 1.29 is 19.4 Å². The van der Waals surface area contributed by atoms with Crippen molar-refractivity contribution in [2.75, 3.05) is 13.2 Å². The first-order valence-electron chi connectivity index (χ1n) is 9.35. The van der Waals surface area contributed by atoms with Crippen LogP contribution < -0.4 is 10.1 Å². The minimum Gasteiger partial charge on any atom is -0.489 e. The van der Waals surface area contributed by atoms with Crippen LogP contribution in [-0.2, 0) is 4.79 Å². The number of hydrogen-bond acceptors (Lipinski definition) is 4. The topological polar surface area (TPSA) is 91.8 Å². The van der Waals surface area contributed by atoms with Crippen molar-refractivity contribution in [1.29, 1.82) is 0 Å². The molecule has 0 radical (unpaired) electrons. The van der Waals surface area contributed by atoms with Gasteiger partial charge in [0.15, 0.2) is 0 Å². The quantitative estimate of drug-likeness (QED) is 0.614. The third-order valence-corrected chi connectivity index (χ3v) is 5.68. The Morgan fingerprint density at radius 2 is 2.07 bits per heavy atom. The Labute approximate surface area is 184 Å². The summed E-state index contributed by atoms with van der Waals surface area (Å²) in [6, 6.07) is 5.27. The van der Waals surface area contributed by atoms with Crippen LogP contribution in [0.15, 0.2) is 49.3 Å². The maximum absolute atomic E-state index is 13.1. The van der Waals surface area contributed by atoms with E-state index in [0.717, 1.165) is 4.90 Å². The molecule has 1 saturated heterocycles. The molecule has 1 aromatic carbocycles. The van der Waals surface area contributed by atoms with Gasteiger partial charge in [0.05, 0.1) is 16.1 Å². The Morgan fingerprint density at radius 3 is 2.73 bits per heavy atom. The molecule has 1 unspecified atom stereocenters. The number of carbonyl (C=O) groups is 2. The van der Waals surface area contributed by atoms with E-state index >= 15 is 0 Å². The largest absolute Gasteiger partial charge is 0.489 e. The highest BCUT2D eigenvalue weighted by molar-refractivity contribution is 6.42. The molecule has 2 amide bonds. The number of carbonyl (C=O) groups excluding carboxylic acids is 1. The average molecular weight is 450 g/mol. The van der Waals surface area contributed by atoms with Crippen LogP contribution in [0.2, 0.25) is 10.0 Å². The smallest absolute Gasteiger partial charge is 0.407 e. The molecule has 2 N–H and O–H groups in total. The molecule has 1 aliphatic rings. The van der Waals surface area contributed by atoms with Crippen LogP contribution in [0.1, 0.15) is 30.0 Å². The van der Waals surface area contributed by atoms with E-state index in [1.165, 1.54) is 0 Å². The molecule has 1 aliphatic heterocycles. The number of nitrogens with one attached hydrogen (secondary N) is 1. The monoisotopic (exact) mass is 449 g/mol. The Bertz CT molecular complexity index is 939. The fraction of sp³-hybridized carbons (Fsp3) is 0.286. The summed E-state index contributed by atoms with van der Waals surface area (Å²) in [4.78, 5) is 29.7. The van der Waals surface area contributed by atoms with Crippen LogP contribution in [0.3, 0.4) is 0 Å². The summed E-state index contributed by atoms with van der Waals surface area (Å²) in [6.45, 7) is 4.20. The first-order chi connectivity index (χ1) is 14.4. The van der Waals surface area contributed by atoms with E-state index in [1.807, 2.05) is 0 Å². The van der Waals surface area contributed by atoms with E-state index in [-0.39, 0.29) is 11.6 Å². The molecule has 1 fully saturated rings. The van der Waals surface area contributed by atoms with E-state index in [0.29, 0.717) is 41.3 Å². The summed E-state index contributed by atoms with van der Waals surface area (Å²) < 4.78 is 5.76. The molecule has 9 heteroatoms. The normalized spacial score (nSPS) is 16.7. The second kappa shape index (κ2) is 9.82. The minimum atomic E-state index is -1.12. The molecule has 158 valence electrons. The standard InChI is InChI=1S/C21H21Cl2N3O4/c1-2-12-30-16-6-5-14(22)18(23)17(16)19(13-7-9-24-10-8-13)25-20(27)15-4-3-11-26(15)21(28)29/h2,5-10,15,19H,1,3-4,11-12H2,(H,25,27)(H,28,29)/t15-,19?/m0/s1. The van der Waals surface area contributed by atoms with Gasteiger partial charge in [0.1, 0.15) is 18.4 Å². The molecule has 3 rings (SSSR count). The van der Waals surface area contributed by atoms with E-state index in [1.54, 1.807) is 42.7 Å². The number of nitrogens with zero attached hydrogens (tertiary/aromatic N) is 2. The number of likely N-dealkylation sites (tertiary alicyclic amines) is 1. The lowest BCUT2D eigenvalue weighted by atomic mass is 9.97. The molecule has 0 saturated carbocycles. The summed E-state index contributed by atoms with van der Waals surface area (Å²) >= 11 is 12.8. The van der Waals surface area contributed by atoms with Gasteiger partial charge in [0.2, 0.25) is 5.91 Å². The second-order valence-electron chi connectivity index (χ2n) is 6.73. The van der Waals surface area contributed by atoms with Crippen molar-refractivity contribution in [2.24, 2.45) is 0 Å². The van der Waals surface area contributed by atoms with Crippen LogP contribution in [0.5, 0.6) is 5.75 Å². The number of amides is 2. The number of hydrogen-bond donors (Lipinski definition) is 2. The lowest BCUT2D eigenvalue weighted by molar-refractivity contribution is -0.125. The number of ether oxygens (including phenoxy) is 1. The zero-order valence-electron chi connectivity index (χ0n) is 16.1. The van der Waals surface area contributed by atoms with Crippen LogP contribution in [-0.4, -0.2) is 46.2 Å². The van der Waals surface area contributed by atoms with Crippen molar-refractivity contribution in [1.82, 2.24) is 15.2 Å². The third kappa shape index (κ3) is 4.68. The molecule has 1 aromatic heterocycles. The van der Waals surface area contributed by atoms with Gasteiger partial charge < -0.3 is 15.2 Å². The van der Waals surface area contributed by atoms with Gasteiger partial charge in [-0.05, 0) is 42.7 Å². The number of aromatic nitrogens is 1. The van der Waals surface area contributed by atoms with Gasteiger partial charge in [0, 0.05) is 24.5 Å². The highest BCUT2D eigenvalue weighted by Crippen LogP contribution is 2.40. The average Bonchev–Trinajstić information content (AvgIpc) is 3.24. The van der Waals surface area contributed by atoms with Gasteiger partial charge >= 0.3 is 6.09 Å². The van der Waals surface area contributed by atoms with Crippen LogP contribution in [0, 0.1) is 0 Å².